The SMILES string of the molecule is CC(=O)c1ccc2c(c1)n(C)c(=O)n2C(C)C. The van der Waals surface area contributed by atoms with Crippen LogP contribution in [0.5, 0.6) is 0 Å². The van der Waals surface area contributed by atoms with Crippen LogP contribution < -0.4 is 5.69 Å². The molecule has 1 aromatic carbocycles. The molecule has 0 radical (unpaired) electrons. The van der Waals surface area contributed by atoms with E-state index in [4.69, 9.17) is 0 Å². The zero-order valence-corrected chi connectivity index (χ0v) is 10.5. The number of carbonyl (C=O) groups excluding carboxylic acids is 1. The Morgan fingerprint density at radius 2 is 1.88 bits per heavy atom. The molecule has 1 aromatic heterocycles. The minimum Gasteiger partial charge on any atom is -0.295 e. The highest BCUT2D eigenvalue weighted by Gasteiger charge is 2.13. The minimum absolute atomic E-state index is 0.0108. The van der Waals surface area contributed by atoms with E-state index in [0.29, 0.717) is 5.56 Å². The Morgan fingerprint density at radius 3 is 2.41 bits per heavy atom. The van der Waals surface area contributed by atoms with E-state index in [-0.39, 0.29) is 17.5 Å². The fourth-order valence-corrected chi connectivity index (χ4v) is 2.08. The summed E-state index contributed by atoms with van der Waals surface area (Å²) in [5, 5.41) is 0. The first-order valence-electron chi connectivity index (χ1n) is 5.65. The lowest BCUT2D eigenvalue weighted by molar-refractivity contribution is 0.101. The van der Waals surface area contributed by atoms with Gasteiger partial charge in [0.1, 0.15) is 0 Å². The number of carbonyl (C=O) groups is 1. The van der Waals surface area contributed by atoms with E-state index in [1.165, 1.54) is 6.92 Å². The number of hydrogen-bond donors (Lipinski definition) is 0. The normalized spacial score (nSPS) is 11.4. The van der Waals surface area contributed by atoms with Crippen molar-refractivity contribution in [2.24, 2.45) is 7.05 Å². The van der Waals surface area contributed by atoms with Crippen LogP contribution in [0, 0.1) is 0 Å². The molecule has 0 aliphatic rings. The second-order valence-electron chi connectivity index (χ2n) is 4.57. The monoisotopic (exact) mass is 232 g/mol. The van der Waals surface area contributed by atoms with Gasteiger partial charge in [-0.2, -0.15) is 0 Å². The van der Waals surface area contributed by atoms with Crippen LogP contribution in [0.15, 0.2) is 23.0 Å². The Labute approximate surface area is 99.5 Å². The van der Waals surface area contributed by atoms with Crippen LogP contribution in [0.3, 0.4) is 0 Å². The lowest BCUT2D eigenvalue weighted by Crippen LogP contribution is -2.23. The third kappa shape index (κ3) is 1.69. The molecule has 0 atom stereocenters. The van der Waals surface area contributed by atoms with Gasteiger partial charge in [0.25, 0.3) is 0 Å². The number of aromatic nitrogens is 2. The van der Waals surface area contributed by atoms with Crippen molar-refractivity contribution in [3.63, 3.8) is 0 Å². The number of rotatable bonds is 2. The number of aryl methyl sites for hydroxylation is 1. The Hall–Kier alpha value is -1.84. The molecular formula is C13H16N2O2. The predicted molar refractivity (Wildman–Crippen MR) is 67.6 cm³/mol. The molecule has 0 unspecified atom stereocenters. The largest absolute Gasteiger partial charge is 0.329 e. The average molecular weight is 232 g/mol. The Kier molecular flexibility index (Phi) is 2.65. The van der Waals surface area contributed by atoms with Crippen LogP contribution in [0.4, 0.5) is 0 Å². The van der Waals surface area contributed by atoms with Crippen molar-refractivity contribution in [2.45, 2.75) is 26.8 Å². The smallest absolute Gasteiger partial charge is 0.295 e. The zero-order chi connectivity index (χ0) is 12.7. The van der Waals surface area contributed by atoms with Gasteiger partial charge in [0, 0.05) is 18.7 Å². The van der Waals surface area contributed by atoms with E-state index in [2.05, 4.69) is 0 Å². The summed E-state index contributed by atoms with van der Waals surface area (Å²) in [6, 6.07) is 5.49. The summed E-state index contributed by atoms with van der Waals surface area (Å²) in [7, 11) is 1.73. The number of hydrogen-bond acceptors (Lipinski definition) is 2. The lowest BCUT2D eigenvalue weighted by Gasteiger charge is -2.06. The van der Waals surface area contributed by atoms with E-state index >= 15 is 0 Å². The van der Waals surface area contributed by atoms with Crippen LogP contribution in [-0.4, -0.2) is 14.9 Å². The van der Waals surface area contributed by atoms with Gasteiger partial charge < -0.3 is 0 Å². The van der Waals surface area contributed by atoms with Crippen LogP contribution >= 0.6 is 0 Å². The maximum atomic E-state index is 12.1. The molecule has 0 fully saturated rings. The number of benzene rings is 1. The van der Waals surface area contributed by atoms with Gasteiger partial charge in [-0.1, -0.05) is 0 Å². The van der Waals surface area contributed by atoms with Gasteiger partial charge >= 0.3 is 5.69 Å². The molecule has 2 aromatic rings. The molecule has 4 nitrogen and oxygen atoms in total. The standard InChI is InChI=1S/C13H16N2O2/c1-8(2)15-11-6-5-10(9(3)16)7-12(11)14(4)13(15)17/h5-8H,1-4H3. The first-order valence-corrected chi connectivity index (χ1v) is 5.65. The topological polar surface area (TPSA) is 44.0 Å². The molecule has 90 valence electrons. The van der Waals surface area contributed by atoms with Crippen LogP contribution in [-0.2, 0) is 7.05 Å². The fraction of sp³-hybridized carbons (Fsp3) is 0.385. The Balaban J connectivity index is 2.86. The predicted octanol–water partition coefficient (Wildman–Crippen LogP) is 2.12. The molecule has 2 rings (SSSR count). The molecule has 0 spiro atoms. The quantitative estimate of drug-likeness (QED) is 0.744. The minimum atomic E-state index is -0.0456. The van der Waals surface area contributed by atoms with E-state index in [1.54, 1.807) is 28.3 Å². The van der Waals surface area contributed by atoms with Gasteiger partial charge in [0.2, 0.25) is 0 Å². The molecule has 0 saturated heterocycles. The van der Waals surface area contributed by atoms with E-state index in [1.807, 2.05) is 19.9 Å². The van der Waals surface area contributed by atoms with E-state index in [9.17, 15) is 9.59 Å². The van der Waals surface area contributed by atoms with Gasteiger partial charge in [0.05, 0.1) is 11.0 Å². The van der Waals surface area contributed by atoms with E-state index in [0.717, 1.165) is 11.0 Å². The molecule has 0 aliphatic carbocycles. The highest BCUT2D eigenvalue weighted by Crippen LogP contribution is 2.18. The van der Waals surface area contributed by atoms with Crippen molar-refractivity contribution < 1.29 is 4.79 Å². The van der Waals surface area contributed by atoms with E-state index < -0.39 is 0 Å². The lowest BCUT2D eigenvalue weighted by atomic mass is 10.1. The van der Waals surface area contributed by atoms with Gasteiger partial charge in [-0.3, -0.25) is 13.9 Å². The first kappa shape index (κ1) is 11.6. The maximum absolute atomic E-state index is 12.1. The summed E-state index contributed by atoms with van der Waals surface area (Å²) in [5.74, 6) is 0.0108. The van der Waals surface area contributed by atoms with Gasteiger partial charge in [-0.25, -0.2) is 4.79 Å². The van der Waals surface area contributed by atoms with Gasteiger partial charge in [-0.05, 0) is 39.0 Å². The van der Waals surface area contributed by atoms with Crippen molar-refractivity contribution in [3.05, 3.63) is 34.2 Å². The third-order valence-corrected chi connectivity index (χ3v) is 3.01. The second-order valence-corrected chi connectivity index (χ2v) is 4.57. The summed E-state index contributed by atoms with van der Waals surface area (Å²) in [4.78, 5) is 23.4. The van der Waals surface area contributed by atoms with Crippen molar-refractivity contribution in [1.29, 1.82) is 0 Å². The van der Waals surface area contributed by atoms with Crippen LogP contribution in [0.2, 0.25) is 0 Å². The summed E-state index contributed by atoms with van der Waals surface area (Å²) in [6.45, 7) is 5.47. The van der Waals surface area contributed by atoms with Crippen molar-refractivity contribution >= 4 is 16.8 Å². The first-order chi connectivity index (χ1) is 7.93. The molecule has 17 heavy (non-hydrogen) atoms. The molecule has 4 heteroatoms. The molecule has 0 amide bonds. The number of imidazole rings is 1. The third-order valence-electron chi connectivity index (χ3n) is 3.01. The fourth-order valence-electron chi connectivity index (χ4n) is 2.08. The Bertz CT molecular complexity index is 647. The van der Waals surface area contributed by atoms with Gasteiger partial charge in [0.15, 0.2) is 5.78 Å². The van der Waals surface area contributed by atoms with Crippen molar-refractivity contribution in [1.82, 2.24) is 9.13 Å². The summed E-state index contributed by atoms with van der Waals surface area (Å²) >= 11 is 0. The number of ketones is 1. The summed E-state index contributed by atoms with van der Waals surface area (Å²) in [6.07, 6.45) is 0. The van der Waals surface area contributed by atoms with Crippen LogP contribution in [0.25, 0.3) is 11.0 Å². The number of fused-ring (bicyclic) bond motifs is 1. The molecule has 0 N–H and O–H groups in total. The number of Topliss-reactive ketones (excluding diaryl/α,β-unsaturated/α-hetero) is 1. The van der Waals surface area contributed by atoms with Crippen LogP contribution in [0.1, 0.15) is 37.2 Å². The number of nitrogens with zero attached hydrogens (tertiary/aromatic N) is 2. The van der Waals surface area contributed by atoms with Crippen molar-refractivity contribution in [2.75, 3.05) is 0 Å². The molecular weight excluding hydrogens is 216 g/mol. The molecule has 0 aliphatic heterocycles. The highest BCUT2D eigenvalue weighted by molar-refractivity contribution is 5.97. The van der Waals surface area contributed by atoms with Gasteiger partial charge in [-0.15, -0.1) is 0 Å². The van der Waals surface area contributed by atoms with Crippen molar-refractivity contribution in [3.8, 4) is 0 Å². The summed E-state index contributed by atoms with van der Waals surface area (Å²) in [5.41, 5.74) is 2.26. The average Bonchev–Trinajstić information content (AvgIpc) is 2.51. The molecule has 0 saturated carbocycles. The highest BCUT2D eigenvalue weighted by atomic mass is 16.1. The second kappa shape index (κ2) is 3.87. The maximum Gasteiger partial charge on any atom is 0.329 e. The Morgan fingerprint density at radius 1 is 1.24 bits per heavy atom. The summed E-state index contributed by atoms with van der Waals surface area (Å²) < 4.78 is 3.32. The molecule has 1 heterocycles. The molecule has 0 bridgehead atoms. The zero-order valence-electron chi connectivity index (χ0n) is 10.5.